The van der Waals surface area contributed by atoms with Crippen LogP contribution in [0.1, 0.15) is 39.1 Å². The Bertz CT molecular complexity index is 1290. The number of ether oxygens (including phenoxy) is 1. The van der Waals surface area contributed by atoms with Crippen molar-refractivity contribution in [1.82, 2.24) is 19.8 Å². The van der Waals surface area contributed by atoms with Gasteiger partial charge in [0.2, 0.25) is 0 Å². The molecule has 1 saturated heterocycles. The van der Waals surface area contributed by atoms with Gasteiger partial charge in [0.25, 0.3) is 11.5 Å². The molecule has 0 bridgehead atoms. The summed E-state index contributed by atoms with van der Waals surface area (Å²) in [6.45, 7) is 10.8. The van der Waals surface area contributed by atoms with Crippen molar-refractivity contribution in [2.75, 3.05) is 38.1 Å². The molecule has 0 atom stereocenters. The van der Waals surface area contributed by atoms with Crippen LogP contribution in [0.15, 0.2) is 23.0 Å². The van der Waals surface area contributed by atoms with Gasteiger partial charge in [0.15, 0.2) is 0 Å². The van der Waals surface area contributed by atoms with E-state index in [1.807, 2.05) is 32.0 Å². The Kier molecular flexibility index (Phi) is 6.99. The van der Waals surface area contributed by atoms with E-state index < -0.39 is 0 Å². The zero-order valence-electron chi connectivity index (χ0n) is 19.9. The quantitative estimate of drug-likeness (QED) is 0.576. The molecular formula is C24H29N5O4S. The number of aryl methyl sites for hydroxylation is 3. The number of nitrogens with one attached hydrogen (secondary N) is 2. The van der Waals surface area contributed by atoms with E-state index in [-0.39, 0.29) is 17.6 Å². The van der Waals surface area contributed by atoms with Gasteiger partial charge in [-0.15, -0.1) is 11.3 Å². The van der Waals surface area contributed by atoms with Crippen LogP contribution in [0.2, 0.25) is 0 Å². The van der Waals surface area contributed by atoms with Gasteiger partial charge in [0.1, 0.15) is 10.7 Å². The monoisotopic (exact) mass is 483 g/mol. The van der Waals surface area contributed by atoms with Gasteiger partial charge in [-0.3, -0.25) is 14.5 Å². The number of hydrogen-bond acceptors (Lipinski definition) is 7. The number of piperazine rings is 1. The Morgan fingerprint density at radius 3 is 2.59 bits per heavy atom. The normalized spacial score (nSPS) is 14.4. The first kappa shape index (κ1) is 23.9. The van der Waals surface area contributed by atoms with Crippen molar-refractivity contribution in [3.05, 3.63) is 55.9 Å². The highest BCUT2D eigenvalue weighted by molar-refractivity contribution is 7.20. The molecule has 1 aliphatic rings. The van der Waals surface area contributed by atoms with E-state index in [1.54, 1.807) is 18.7 Å². The van der Waals surface area contributed by atoms with Gasteiger partial charge >= 0.3 is 6.09 Å². The SMILES string of the molecule is CCOC(=O)N1CCN(Cc2nc3sc(C(=O)Nc4ccc(C)cc4C)c(C)c3c(=O)[nH]2)CC1. The maximum atomic E-state index is 13.0. The molecule has 34 heavy (non-hydrogen) atoms. The van der Waals surface area contributed by atoms with E-state index in [2.05, 4.69) is 20.2 Å². The zero-order chi connectivity index (χ0) is 24.4. The molecule has 1 fully saturated rings. The second-order valence-corrected chi connectivity index (χ2v) is 9.48. The number of carbonyl (C=O) groups excluding carboxylic acids is 2. The molecule has 3 aromatic rings. The van der Waals surface area contributed by atoms with Crippen molar-refractivity contribution in [3.63, 3.8) is 0 Å². The Hall–Kier alpha value is -3.24. The smallest absolute Gasteiger partial charge is 0.409 e. The second kappa shape index (κ2) is 9.94. The molecule has 9 nitrogen and oxygen atoms in total. The number of amides is 2. The highest BCUT2D eigenvalue weighted by atomic mass is 32.1. The van der Waals surface area contributed by atoms with Gasteiger partial charge in [0.05, 0.1) is 23.4 Å². The summed E-state index contributed by atoms with van der Waals surface area (Å²) in [5, 5.41) is 3.41. The molecule has 180 valence electrons. The second-order valence-electron chi connectivity index (χ2n) is 8.48. The van der Waals surface area contributed by atoms with Crippen LogP contribution in [0.25, 0.3) is 10.2 Å². The summed E-state index contributed by atoms with van der Waals surface area (Å²) in [4.78, 5) is 50.1. The van der Waals surface area contributed by atoms with Gasteiger partial charge in [-0.2, -0.15) is 0 Å². The Balaban J connectivity index is 1.50. The van der Waals surface area contributed by atoms with Crippen molar-refractivity contribution in [3.8, 4) is 0 Å². The summed E-state index contributed by atoms with van der Waals surface area (Å²) in [5.74, 6) is 0.299. The number of nitrogens with zero attached hydrogens (tertiary/aromatic N) is 3. The average Bonchev–Trinajstić information content (AvgIpc) is 3.13. The molecular weight excluding hydrogens is 454 g/mol. The van der Waals surface area contributed by atoms with Crippen molar-refractivity contribution in [1.29, 1.82) is 0 Å². The standard InChI is InChI=1S/C24H29N5O4S/c1-5-33-24(32)29-10-8-28(9-11-29)13-18-26-21(30)19-16(4)20(34-23(19)27-18)22(31)25-17-7-6-14(2)12-15(17)3/h6-7,12H,5,8-11,13H2,1-4H3,(H,25,31)(H,26,27,30). The van der Waals surface area contributed by atoms with Crippen LogP contribution < -0.4 is 10.9 Å². The summed E-state index contributed by atoms with van der Waals surface area (Å²) in [6, 6.07) is 5.85. The molecule has 0 saturated carbocycles. The van der Waals surface area contributed by atoms with Crippen molar-refractivity contribution >= 4 is 39.2 Å². The number of aromatic nitrogens is 2. The minimum absolute atomic E-state index is 0.246. The number of benzene rings is 1. The fraction of sp³-hybridized carbons (Fsp3) is 0.417. The number of H-pyrrole nitrogens is 1. The van der Waals surface area contributed by atoms with Crippen LogP contribution >= 0.6 is 11.3 Å². The summed E-state index contributed by atoms with van der Waals surface area (Å²) in [6.07, 6.45) is -0.296. The van der Waals surface area contributed by atoms with Gasteiger partial charge in [0, 0.05) is 31.9 Å². The van der Waals surface area contributed by atoms with Gasteiger partial charge in [-0.25, -0.2) is 9.78 Å². The van der Waals surface area contributed by atoms with Gasteiger partial charge in [-0.05, 0) is 44.9 Å². The Morgan fingerprint density at radius 2 is 1.91 bits per heavy atom. The first-order valence-electron chi connectivity index (χ1n) is 11.3. The summed E-state index contributed by atoms with van der Waals surface area (Å²) >= 11 is 1.23. The van der Waals surface area contributed by atoms with Gasteiger partial charge < -0.3 is 19.9 Å². The molecule has 2 amide bonds. The topological polar surface area (TPSA) is 108 Å². The lowest BCUT2D eigenvalue weighted by Gasteiger charge is -2.33. The van der Waals surface area contributed by atoms with Crippen LogP contribution in [0.5, 0.6) is 0 Å². The predicted octanol–water partition coefficient (Wildman–Crippen LogP) is 3.44. The van der Waals surface area contributed by atoms with E-state index >= 15 is 0 Å². The minimum Gasteiger partial charge on any atom is -0.450 e. The molecule has 0 radical (unpaired) electrons. The third-order valence-corrected chi connectivity index (χ3v) is 7.14. The van der Waals surface area contributed by atoms with Crippen molar-refractivity contribution in [2.24, 2.45) is 0 Å². The molecule has 1 aliphatic heterocycles. The van der Waals surface area contributed by atoms with E-state index in [9.17, 15) is 14.4 Å². The summed E-state index contributed by atoms with van der Waals surface area (Å²) < 4.78 is 5.06. The molecule has 3 heterocycles. The highest BCUT2D eigenvalue weighted by Gasteiger charge is 2.24. The number of hydrogen-bond donors (Lipinski definition) is 2. The lowest BCUT2D eigenvalue weighted by atomic mass is 10.1. The Morgan fingerprint density at radius 1 is 1.18 bits per heavy atom. The Labute approximate surface area is 201 Å². The largest absolute Gasteiger partial charge is 0.450 e. The van der Waals surface area contributed by atoms with Crippen molar-refractivity contribution < 1.29 is 14.3 Å². The number of rotatable bonds is 5. The average molecular weight is 484 g/mol. The molecule has 2 aromatic heterocycles. The fourth-order valence-corrected chi connectivity index (χ4v) is 5.22. The highest BCUT2D eigenvalue weighted by Crippen LogP contribution is 2.28. The molecule has 1 aromatic carbocycles. The summed E-state index contributed by atoms with van der Waals surface area (Å²) in [5.41, 5.74) is 3.24. The van der Waals surface area contributed by atoms with E-state index in [0.29, 0.717) is 65.8 Å². The third-order valence-electron chi connectivity index (χ3n) is 5.96. The van der Waals surface area contributed by atoms with E-state index in [1.165, 1.54) is 11.3 Å². The van der Waals surface area contributed by atoms with Crippen LogP contribution in [0.4, 0.5) is 10.5 Å². The van der Waals surface area contributed by atoms with Crippen LogP contribution in [-0.2, 0) is 11.3 Å². The number of fused-ring (bicyclic) bond motifs is 1. The molecule has 2 N–H and O–H groups in total. The number of aromatic amines is 1. The minimum atomic E-state index is -0.296. The molecule has 4 rings (SSSR count). The lowest BCUT2D eigenvalue weighted by molar-refractivity contribution is 0.0772. The van der Waals surface area contributed by atoms with Crippen LogP contribution in [0.3, 0.4) is 0 Å². The van der Waals surface area contributed by atoms with Crippen molar-refractivity contribution in [2.45, 2.75) is 34.2 Å². The maximum absolute atomic E-state index is 13.0. The van der Waals surface area contributed by atoms with Gasteiger partial charge in [-0.1, -0.05) is 17.7 Å². The number of carbonyl (C=O) groups is 2. The van der Waals surface area contributed by atoms with Crippen LogP contribution in [0, 0.1) is 20.8 Å². The lowest BCUT2D eigenvalue weighted by Crippen LogP contribution is -2.48. The van der Waals surface area contributed by atoms with E-state index in [0.717, 1.165) is 16.8 Å². The number of anilines is 1. The molecule has 0 aliphatic carbocycles. The van der Waals surface area contributed by atoms with Crippen LogP contribution in [-0.4, -0.2) is 64.6 Å². The predicted molar refractivity (Wildman–Crippen MR) is 133 cm³/mol. The maximum Gasteiger partial charge on any atom is 0.409 e. The molecule has 0 unspecified atom stereocenters. The first-order chi connectivity index (χ1) is 16.3. The zero-order valence-corrected chi connectivity index (χ0v) is 20.7. The number of thiophene rings is 1. The first-order valence-corrected chi connectivity index (χ1v) is 12.1. The molecule has 0 spiro atoms. The fourth-order valence-electron chi connectivity index (χ4n) is 4.13. The summed E-state index contributed by atoms with van der Waals surface area (Å²) in [7, 11) is 0. The molecule has 10 heteroatoms. The van der Waals surface area contributed by atoms with E-state index in [4.69, 9.17) is 4.74 Å². The third kappa shape index (κ3) is 4.97.